The Bertz CT molecular complexity index is 544. The smallest absolute Gasteiger partial charge is 0.334 e. The number of nitrogens with zero attached hydrogens (tertiary/aromatic N) is 2. The SMILES string of the molecule is CCCCC(=O)OC1C(=O)N(c2ccccc2)C(=O)N1C. The molecule has 0 radical (unpaired) electrons. The largest absolute Gasteiger partial charge is 0.432 e. The lowest BCUT2D eigenvalue weighted by Gasteiger charge is -2.16. The number of carbonyl (C=O) groups excluding carboxylic acids is 3. The Morgan fingerprint density at radius 1 is 1.24 bits per heavy atom. The van der Waals surface area contributed by atoms with Crippen molar-refractivity contribution < 1.29 is 19.1 Å². The molecular formula is C15H18N2O4. The van der Waals surface area contributed by atoms with E-state index >= 15 is 0 Å². The first kappa shape index (κ1) is 15.0. The Labute approximate surface area is 123 Å². The number of rotatable bonds is 5. The summed E-state index contributed by atoms with van der Waals surface area (Å²) in [6, 6.07) is 8.07. The highest BCUT2D eigenvalue weighted by atomic mass is 16.6. The van der Waals surface area contributed by atoms with Crippen LogP contribution in [0.3, 0.4) is 0 Å². The molecule has 2 rings (SSSR count). The second kappa shape index (κ2) is 6.39. The van der Waals surface area contributed by atoms with E-state index in [1.165, 1.54) is 7.05 Å². The van der Waals surface area contributed by atoms with Gasteiger partial charge in [-0.05, 0) is 18.6 Å². The van der Waals surface area contributed by atoms with Gasteiger partial charge >= 0.3 is 12.0 Å². The van der Waals surface area contributed by atoms with Gasteiger partial charge in [-0.25, -0.2) is 9.69 Å². The fourth-order valence-electron chi connectivity index (χ4n) is 2.08. The van der Waals surface area contributed by atoms with Crippen LogP contribution in [-0.4, -0.2) is 36.1 Å². The lowest BCUT2D eigenvalue weighted by Crippen LogP contribution is -2.36. The van der Waals surface area contributed by atoms with Gasteiger partial charge in [0.05, 0.1) is 5.69 Å². The zero-order valence-electron chi connectivity index (χ0n) is 12.1. The third-order valence-electron chi connectivity index (χ3n) is 3.27. The molecule has 1 heterocycles. The highest BCUT2D eigenvalue weighted by molar-refractivity contribution is 6.21. The van der Waals surface area contributed by atoms with Crippen LogP contribution in [0.2, 0.25) is 0 Å². The number of esters is 1. The number of anilines is 1. The number of unbranched alkanes of at least 4 members (excludes halogenated alkanes) is 1. The summed E-state index contributed by atoms with van der Waals surface area (Å²) in [5.41, 5.74) is 0.464. The highest BCUT2D eigenvalue weighted by Gasteiger charge is 2.46. The summed E-state index contributed by atoms with van der Waals surface area (Å²) in [7, 11) is 1.45. The first-order chi connectivity index (χ1) is 10.1. The molecule has 6 nitrogen and oxygen atoms in total. The van der Waals surface area contributed by atoms with Gasteiger partial charge < -0.3 is 4.74 Å². The minimum Gasteiger partial charge on any atom is -0.432 e. The van der Waals surface area contributed by atoms with Crippen molar-refractivity contribution in [3.05, 3.63) is 30.3 Å². The average molecular weight is 290 g/mol. The molecule has 1 saturated heterocycles. The molecule has 0 bridgehead atoms. The van der Waals surface area contributed by atoms with Crippen LogP contribution < -0.4 is 4.90 Å². The Morgan fingerprint density at radius 2 is 1.90 bits per heavy atom. The summed E-state index contributed by atoms with van der Waals surface area (Å²) in [6.45, 7) is 1.96. The van der Waals surface area contributed by atoms with Crippen LogP contribution in [0.15, 0.2) is 30.3 Å². The lowest BCUT2D eigenvalue weighted by molar-refractivity contribution is -0.159. The van der Waals surface area contributed by atoms with Crippen LogP contribution in [0.1, 0.15) is 26.2 Å². The molecule has 1 aromatic rings. The Kier molecular flexibility index (Phi) is 4.57. The maximum Gasteiger partial charge on any atom is 0.334 e. The third-order valence-corrected chi connectivity index (χ3v) is 3.27. The van der Waals surface area contributed by atoms with Crippen LogP contribution in [0.5, 0.6) is 0 Å². The third kappa shape index (κ3) is 3.04. The molecule has 6 heteroatoms. The molecule has 0 spiro atoms. The van der Waals surface area contributed by atoms with Gasteiger partial charge in [-0.2, -0.15) is 0 Å². The number of urea groups is 1. The Morgan fingerprint density at radius 3 is 2.52 bits per heavy atom. The fraction of sp³-hybridized carbons (Fsp3) is 0.400. The van der Waals surface area contributed by atoms with Crippen molar-refractivity contribution in [1.82, 2.24) is 4.90 Å². The second-order valence-electron chi connectivity index (χ2n) is 4.85. The number of benzene rings is 1. The molecular weight excluding hydrogens is 272 g/mol. The molecule has 0 aromatic heterocycles. The monoisotopic (exact) mass is 290 g/mol. The van der Waals surface area contributed by atoms with Crippen LogP contribution in [0, 0.1) is 0 Å². The summed E-state index contributed by atoms with van der Waals surface area (Å²) in [6.07, 6.45) is 0.619. The summed E-state index contributed by atoms with van der Waals surface area (Å²) >= 11 is 0. The van der Waals surface area contributed by atoms with Gasteiger partial charge in [-0.1, -0.05) is 31.5 Å². The normalized spacial score (nSPS) is 18.3. The molecule has 0 N–H and O–H groups in total. The van der Waals surface area contributed by atoms with Crippen LogP contribution in [-0.2, 0) is 14.3 Å². The van der Waals surface area contributed by atoms with E-state index in [-0.39, 0.29) is 6.42 Å². The van der Waals surface area contributed by atoms with Crippen molar-refractivity contribution >= 4 is 23.6 Å². The van der Waals surface area contributed by atoms with Gasteiger partial charge in [-0.15, -0.1) is 0 Å². The van der Waals surface area contributed by atoms with Gasteiger partial charge in [0.25, 0.3) is 12.1 Å². The van der Waals surface area contributed by atoms with E-state index in [2.05, 4.69) is 0 Å². The van der Waals surface area contributed by atoms with Gasteiger partial charge in [0.2, 0.25) is 0 Å². The number of hydrogen-bond acceptors (Lipinski definition) is 4. The average Bonchev–Trinajstić information content (AvgIpc) is 2.70. The number of imide groups is 1. The summed E-state index contributed by atoms with van der Waals surface area (Å²) < 4.78 is 5.14. The lowest BCUT2D eigenvalue weighted by atomic mass is 10.2. The van der Waals surface area contributed by atoms with E-state index in [1.54, 1.807) is 30.3 Å². The van der Waals surface area contributed by atoms with Crippen LogP contribution in [0.4, 0.5) is 10.5 Å². The number of ether oxygens (including phenoxy) is 1. The van der Waals surface area contributed by atoms with Crippen molar-refractivity contribution in [2.45, 2.75) is 32.4 Å². The standard InChI is InChI=1S/C15H18N2O4/c1-3-4-10-12(18)21-14-13(19)17(15(20)16(14)2)11-8-6-5-7-9-11/h5-9,14H,3-4,10H2,1-2H3. The number of amides is 3. The zero-order valence-corrected chi connectivity index (χ0v) is 12.1. The number of likely N-dealkylation sites (N-methyl/N-ethyl adjacent to an activating group) is 1. The maximum atomic E-state index is 12.3. The van der Waals surface area contributed by atoms with E-state index in [4.69, 9.17) is 4.74 Å². The van der Waals surface area contributed by atoms with E-state index in [0.29, 0.717) is 12.1 Å². The van der Waals surface area contributed by atoms with E-state index < -0.39 is 24.1 Å². The van der Waals surface area contributed by atoms with Gasteiger partial charge in [0.15, 0.2) is 0 Å². The molecule has 0 saturated carbocycles. The molecule has 1 aliphatic heterocycles. The Balaban J connectivity index is 2.13. The fourth-order valence-corrected chi connectivity index (χ4v) is 2.08. The van der Waals surface area contributed by atoms with Crippen LogP contribution in [0.25, 0.3) is 0 Å². The molecule has 1 atom stereocenters. The quantitative estimate of drug-likeness (QED) is 0.615. The molecule has 3 amide bonds. The van der Waals surface area contributed by atoms with Crippen molar-refractivity contribution in [3.63, 3.8) is 0 Å². The van der Waals surface area contributed by atoms with E-state index in [9.17, 15) is 14.4 Å². The van der Waals surface area contributed by atoms with Crippen molar-refractivity contribution in [2.75, 3.05) is 11.9 Å². The van der Waals surface area contributed by atoms with Crippen molar-refractivity contribution in [2.24, 2.45) is 0 Å². The van der Waals surface area contributed by atoms with Crippen LogP contribution >= 0.6 is 0 Å². The maximum absolute atomic E-state index is 12.3. The molecule has 1 aromatic carbocycles. The topological polar surface area (TPSA) is 66.9 Å². The number of hydrogen-bond donors (Lipinski definition) is 0. The first-order valence-electron chi connectivity index (χ1n) is 6.91. The molecule has 112 valence electrons. The molecule has 0 aliphatic carbocycles. The van der Waals surface area contributed by atoms with Crippen molar-refractivity contribution in [1.29, 1.82) is 0 Å². The van der Waals surface area contributed by atoms with Crippen molar-refractivity contribution in [3.8, 4) is 0 Å². The minimum atomic E-state index is -1.18. The zero-order chi connectivity index (χ0) is 15.4. The molecule has 21 heavy (non-hydrogen) atoms. The minimum absolute atomic E-state index is 0.244. The molecule has 1 fully saturated rings. The number of carbonyl (C=O) groups is 3. The van der Waals surface area contributed by atoms with Gasteiger partial charge in [-0.3, -0.25) is 14.5 Å². The van der Waals surface area contributed by atoms with Gasteiger partial charge in [0.1, 0.15) is 0 Å². The summed E-state index contributed by atoms with van der Waals surface area (Å²) in [5.74, 6) is -1.01. The summed E-state index contributed by atoms with van der Waals surface area (Å²) in [4.78, 5) is 38.3. The van der Waals surface area contributed by atoms with Gasteiger partial charge in [0, 0.05) is 13.5 Å². The predicted molar refractivity (Wildman–Crippen MR) is 76.5 cm³/mol. The second-order valence-corrected chi connectivity index (χ2v) is 4.85. The van der Waals surface area contributed by atoms with E-state index in [1.807, 2.05) is 6.92 Å². The Hall–Kier alpha value is -2.37. The molecule has 1 aliphatic rings. The van der Waals surface area contributed by atoms with E-state index in [0.717, 1.165) is 16.2 Å². The molecule has 1 unspecified atom stereocenters. The highest BCUT2D eigenvalue weighted by Crippen LogP contribution is 2.24. The summed E-state index contributed by atoms with van der Waals surface area (Å²) in [5, 5.41) is 0. The predicted octanol–water partition coefficient (Wildman–Crippen LogP) is 2.14. The first-order valence-corrected chi connectivity index (χ1v) is 6.91. The number of para-hydroxylation sites is 1.